The zero-order chi connectivity index (χ0) is 18.0. The van der Waals surface area contributed by atoms with Crippen LogP contribution in [0.25, 0.3) is 20.2 Å². The van der Waals surface area contributed by atoms with Crippen LogP contribution < -0.4 is 10.7 Å². The predicted molar refractivity (Wildman–Crippen MR) is 106 cm³/mol. The Morgan fingerprint density at radius 3 is 2.36 bits per heavy atom. The smallest absolute Gasteiger partial charge is 0.233 e. The summed E-state index contributed by atoms with van der Waals surface area (Å²) in [5, 5.41) is 4.44. The van der Waals surface area contributed by atoms with Gasteiger partial charge in [-0.05, 0) is 49.7 Å². The molecule has 1 aromatic heterocycles. The SMILES string of the molecule is CC1(C(=O)Nc2ccc3sc4ccc(Cl)cc4c(=O)c3c2)CC1(Cl)Cl. The molecule has 1 saturated carbocycles. The summed E-state index contributed by atoms with van der Waals surface area (Å²) >= 11 is 19.6. The van der Waals surface area contributed by atoms with Gasteiger partial charge in [-0.2, -0.15) is 0 Å². The van der Waals surface area contributed by atoms with E-state index in [1.54, 1.807) is 31.2 Å². The highest BCUT2D eigenvalue weighted by Crippen LogP contribution is 2.64. The van der Waals surface area contributed by atoms with Gasteiger partial charge in [-0.25, -0.2) is 0 Å². The van der Waals surface area contributed by atoms with E-state index in [-0.39, 0.29) is 11.3 Å². The summed E-state index contributed by atoms with van der Waals surface area (Å²) in [5.74, 6) is -0.253. The number of nitrogens with one attached hydrogen (secondary N) is 1. The molecule has 0 radical (unpaired) electrons. The second-order valence-electron chi connectivity index (χ2n) is 6.45. The second-order valence-corrected chi connectivity index (χ2v) is 9.45. The first-order chi connectivity index (χ1) is 11.7. The molecule has 1 fully saturated rings. The summed E-state index contributed by atoms with van der Waals surface area (Å²) < 4.78 is 0.685. The van der Waals surface area contributed by atoms with Crippen LogP contribution in [0.15, 0.2) is 41.2 Å². The summed E-state index contributed by atoms with van der Waals surface area (Å²) in [6.07, 6.45) is 0.403. The quantitative estimate of drug-likeness (QED) is 0.440. The fourth-order valence-corrected chi connectivity index (χ4v) is 4.73. The lowest BCUT2D eigenvalue weighted by Crippen LogP contribution is -2.25. The van der Waals surface area contributed by atoms with Crippen molar-refractivity contribution >= 4 is 77.9 Å². The van der Waals surface area contributed by atoms with Crippen LogP contribution in [0.1, 0.15) is 13.3 Å². The fraction of sp³-hybridized carbons (Fsp3) is 0.222. The van der Waals surface area contributed by atoms with Gasteiger partial charge in [-0.1, -0.05) is 11.6 Å². The van der Waals surface area contributed by atoms with Gasteiger partial charge in [-0.3, -0.25) is 9.59 Å². The summed E-state index contributed by atoms with van der Waals surface area (Å²) in [6.45, 7) is 1.72. The van der Waals surface area contributed by atoms with Crippen molar-refractivity contribution in [2.24, 2.45) is 5.41 Å². The van der Waals surface area contributed by atoms with Crippen molar-refractivity contribution in [1.82, 2.24) is 0 Å². The monoisotopic (exact) mass is 411 g/mol. The lowest BCUT2D eigenvalue weighted by atomic mass is 10.1. The number of hydrogen-bond donors (Lipinski definition) is 1. The zero-order valence-electron chi connectivity index (χ0n) is 13.0. The van der Waals surface area contributed by atoms with Gasteiger partial charge in [0.1, 0.15) is 4.33 Å². The van der Waals surface area contributed by atoms with Crippen LogP contribution in [-0.4, -0.2) is 10.2 Å². The molecule has 1 amide bonds. The van der Waals surface area contributed by atoms with Gasteiger partial charge in [0.05, 0.1) is 5.41 Å². The molecule has 0 saturated heterocycles. The number of carbonyl (C=O) groups excluding carboxylic acids is 1. The van der Waals surface area contributed by atoms with Crippen molar-refractivity contribution in [3.63, 3.8) is 0 Å². The topological polar surface area (TPSA) is 46.2 Å². The van der Waals surface area contributed by atoms with Crippen LogP contribution in [0.4, 0.5) is 5.69 Å². The molecule has 128 valence electrons. The number of amides is 1. The van der Waals surface area contributed by atoms with Gasteiger partial charge in [0.2, 0.25) is 5.91 Å². The van der Waals surface area contributed by atoms with Gasteiger partial charge in [0.25, 0.3) is 0 Å². The number of carbonyl (C=O) groups is 1. The molecule has 1 N–H and O–H groups in total. The molecule has 1 aliphatic carbocycles. The highest BCUT2D eigenvalue weighted by Gasteiger charge is 2.67. The van der Waals surface area contributed by atoms with E-state index in [1.807, 2.05) is 12.1 Å². The molecule has 2 aromatic carbocycles. The number of anilines is 1. The highest BCUT2D eigenvalue weighted by atomic mass is 35.5. The van der Waals surface area contributed by atoms with Crippen LogP contribution in [0.5, 0.6) is 0 Å². The number of benzene rings is 2. The van der Waals surface area contributed by atoms with Crippen molar-refractivity contribution in [2.45, 2.75) is 17.7 Å². The Hall–Kier alpha value is -1.33. The largest absolute Gasteiger partial charge is 0.325 e. The van der Waals surface area contributed by atoms with Gasteiger partial charge in [0.15, 0.2) is 5.43 Å². The molecule has 3 nitrogen and oxygen atoms in total. The van der Waals surface area contributed by atoms with Gasteiger partial charge in [0, 0.05) is 30.9 Å². The molecule has 1 heterocycles. The molecule has 1 unspecified atom stereocenters. The van der Waals surface area contributed by atoms with E-state index in [4.69, 9.17) is 34.8 Å². The molecule has 0 bridgehead atoms. The molecular weight excluding hydrogens is 401 g/mol. The lowest BCUT2D eigenvalue weighted by Gasteiger charge is -2.13. The summed E-state index contributed by atoms with van der Waals surface area (Å²) in [5.41, 5.74) is -0.380. The third-order valence-corrected chi connectivity index (χ3v) is 7.14. The summed E-state index contributed by atoms with van der Waals surface area (Å²) in [7, 11) is 0. The first kappa shape index (κ1) is 17.1. The van der Waals surface area contributed by atoms with E-state index < -0.39 is 9.75 Å². The molecule has 0 aliphatic heterocycles. The third kappa shape index (κ3) is 2.72. The average molecular weight is 413 g/mol. The lowest BCUT2D eigenvalue weighted by molar-refractivity contribution is -0.120. The molecule has 1 aliphatic rings. The maximum atomic E-state index is 12.8. The standard InChI is InChI=1S/C18H12Cl3NO2S/c1-17(8-18(17,20)21)16(24)22-10-3-5-14-12(7-10)15(23)11-6-9(19)2-4-13(11)25-14/h2-7H,8H2,1H3,(H,22,24). The van der Waals surface area contributed by atoms with Crippen LogP contribution in [0.2, 0.25) is 5.02 Å². The Balaban J connectivity index is 1.77. The van der Waals surface area contributed by atoms with E-state index in [9.17, 15) is 9.59 Å². The van der Waals surface area contributed by atoms with E-state index in [1.165, 1.54) is 11.3 Å². The number of rotatable bonds is 2. The summed E-state index contributed by atoms with van der Waals surface area (Å²) in [4.78, 5) is 25.2. The van der Waals surface area contributed by atoms with E-state index in [2.05, 4.69) is 5.32 Å². The maximum absolute atomic E-state index is 12.8. The number of fused-ring (bicyclic) bond motifs is 2. The van der Waals surface area contributed by atoms with Crippen LogP contribution in [0, 0.1) is 5.41 Å². The van der Waals surface area contributed by atoms with Crippen molar-refractivity contribution in [1.29, 1.82) is 0 Å². The molecule has 0 spiro atoms. The number of hydrogen-bond acceptors (Lipinski definition) is 3. The van der Waals surface area contributed by atoms with Crippen molar-refractivity contribution in [3.05, 3.63) is 51.6 Å². The van der Waals surface area contributed by atoms with Crippen LogP contribution in [-0.2, 0) is 4.79 Å². The predicted octanol–water partition coefficient (Wildman–Crippen LogP) is 5.59. The van der Waals surface area contributed by atoms with Crippen molar-refractivity contribution in [3.8, 4) is 0 Å². The van der Waals surface area contributed by atoms with Gasteiger partial charge in [-0.15, -0.1) is 34.5 Å². The van der Waals surface area contributed by atoms with Crippen molar-refractivity contribution < 1.29 is 4.79 Å². The molecular formula is C18H12Cl3NO2S. The minimum absolute atomic E-state index is 0.107. The van der Waals surface area contributed by atoms with Crippen LogP contribution in [0.3, 0.4) is 0 Å². The maximum Gasteiger partial charge on any atom is 0.233 e. The Bertz CT molecular complexity index is 1110. The Morgan fingerprint density at radius 2 is 1.72 bits per heavy atom. The van der Waals surface area contributed by atoms with Gasteiger partial charge < -0.3 is 5.32 Å². The van der Waals surface area contributed by atoms with E-state index in [0.29, 0.717) is 27.9 Å². The zero-order valence-corrected chi connectivity index (χ0v) is 16.1. The van der Waals surface area contributed by atoms with Gasteiger partial charge >= 0.3 is 0 Å². The number of halogens is 3. The normalized spacial score (nSPS) is 21.4. The summed E-state index contributed by atoms with van der Waals surface area (Å²) in [6, 6.07) is 10.6. The Labute approximate surface area is 162 Å². The average Bonchev–Trinajstić information content (AvgIpc) is 3.09. The Kier molecular flexibility index (Phi) is 3.82. The van der Waals surface area contributed by atoms with E-state index in [0.717, 1.165) is 9.40 Å². The molecule has 1 atom stereocenters. The first-order valence-electron chi connectivity index (χ1n) is 7.57. The molecule has 7 heteroatoms. The Morgan fingerprint density at radius 1 is 1.12 bits per heavy atom. The van der Waals surface area contributed by atoms with Crippen LogP contribution >= 0.6 is 46.1 Å². The minimum atomic E-state index is -1.04. The molecule has 3 aromatic rings. The fourth-order valence-electron chi connectivity index (χ4n) is 2.82. The first-order valence-corrected chi connectivity index (χ1v) is 9.52. The minimum Gasteiger partial charge on any atom is -0.325 e. The third-order valence-electron chi connectivity index (χ3n) is 4.65. The second kappa shape index (κ2) is 5.58. The van der Waals surface area contributed by atoms with Crippen molar-refractivity contribution in [2.75, 3.05) is 5.32 Å². The number of alkyl halides is 2. The molecule has 25 heavy (non-hydrogen) atoms. The highest BCUT2D eigenvalue weighted by molar-refractivity contribution is 7.24. The molecule has 4 rings (SSSR count). The van der Waals surface area contributed by atoms with E-state index >= 15 is 0 Å².